The van der Waals surface area contributed by atoms with Gasteiger partial charge in [-0.2, -0.15) is 0 Å². The van der Waals surface area contributed by atoms with Gasteiger partial charge < -0.3 is 23.4 Å². The Bertz CT molecular complexity index is 1640. The second-order valence-corrected chi connectivity index (χ2v) is 28.6. The van der Waals surface area contributed by atoms with Gasteiger partial charge in [-0.05, 0) is 69.7 Å². The van der Waals surface area contributed by atoms with Crippen LogP contribution in [-0.4, -0.2) is 59.7 Å². The zero-order valence-electron chi connectivity index (χ0n) is 36.6. The van der Waals surface area contributed by atoms with Gasteiger partial charge in [-0.3, -0.25) is 4.79 Å². The number of aliphatic hydroxyl groups excluding tert-OH is 1. The Labute approximate surface area is 341 Å². The summed E-state index contributed by atoms with van der Waals surface area (Å²) in [6, 6.07) is 31.6. The number of rotatable bonds is 17. The minimum atomic E-state index is -3.01. The van der Waals surface area contributed by atoms with Crippen molar-refractivity contribution in [2.45, 2.75) is 124 Å². The molecule has 4 rings (SSSR count). The Hall–Kier alpha value is -2.86. The van der Waals surface area contributed by atoms with Crippen LogP contribution in [0.4, 0.5) is 0 Å². The number of ether oxygens (including phenoxy) is 2. The van der Waals surface area contributed by atoms with Crippen molar-refractivity contribution in [2.24, 2.45) is 28.6 Å². The van der Waals surface area contributed by atoms with Crippen LogP contribution in [0.5, 0.6) is 0 Å². The van der Waals surface area contributed by atoms with E-state index in [1.807, 2.05) is 39.0 Å². The molecular formula is C48H72O6Si2. The normalized spacial score (nSPS) is 22.3. The molecule has 0 aliphatic heterocycles. The van der Waals surface area contributed by atoms with Gasteiger partial charge in [-0.1, -0.05) is 159 Å². The number of hydrogen-bond donors (Lipinski definition) is 1. The van der Waals surface area contributed by atoms with Crippen LogP contribution in [0, 0.1) is 28.6 Å². The molecule has 0 unspecified atom stereocenters. The monoisotopic (exact) mass is 800 g/mol. The number of benzene rings is 3. The number of allylic oxidation sites excluding steroid dienone is 1. The van der Waals surface area contributed by atoms with Crippen molar-refractivity contribution in [2.75, 3.05) is 19.8 Å². The van der Waals surface area contributed by atoms with E-state index in [9.17, 15) is 9.90 Å². The molecule has 0 bridgehead atoms. The zero-order chi connectivity index (χ0) is 41.6. The molecule has 0 aromatic heterocycles. The van der Waals surface area contributed by atoms with Crippen LogP contribution in [-0.2, 0) is 29.7 Å². The van der Waals surface area contributed by atoms with Crippen LogP contribution in [0.2, 0.25) is 23.2 Å². The third-order valence-corrected chi connectivity index (χ3v) is 22.5. The lowest BCUT2D eigenvalue weighted by Gasteiger charge is -2.55. The summed E-state index contributed by atoms with van der Waals surface area (Å²) in [7, 11) is -5.33. The van der Waals surface area contributed by atoms with Gasteiger partial charge in [0.05, 0.1) is 37.9 Å². The summed E-state index contributed by atoms with van der Waals surface area (Å²) in [5, 5.41) is 15.2. The Balaban J connectivity index is 1.95. The van der Waals surface area contributed by atoms with Crippen LogP contribution < -0.4 is 10.4 Å². The Morgan fingerprint density at radius 1 is 0.875 bits per heavy atom. The number of hydrogen-bond acceptors (Lipinski definition) is 6. The molecule has 1 saturated carbocycles. The highest BCUT2D eigenvalue weighted by Crippen LogP contribution is 2.53. The van der Waals surface area contributed by atoms with Crippen LogP contribution in [0.1, 0.15) is 87.6 Å². The molecule has 3 aromatic rings. The molecule has 1 aliphatic rings. The van der Waals surface area contributed by atoms with E-state index in [0.29, 0.717) is 19.8 Å². The van der Waals surface area contributed by atoms with Crippen molar-refractivity contribution in [1.29, 1.82) is 0 Å². The Kier molecular flexibility index (Phi) is 15.0. The fourth-order valence-corrected chi connectivity index (χ4v) is 14.8. The number of aliphatic hydroxyl groups is 1. The quantitative estimate of drug-likeness (QED) is 0.0833. The zero-order valence-corrected chi connectivity index (χ0v) is 38.6. The van der Waals surface area contributed by atoms with Gasteiger partial charge in [-0.25, -0.2) is 0 Å². The SMILES string of the molecule is C=CC(C)(C)[C@@H](C(=O)OCC)[C@H](O)[C@@H]1[C@H](CO[Si](c2ccccc2)(c2ccccc2)C(C)(C)C)[C@@H](O[Si](C)(C)C(C)(C)C)CC[C@@]1(C)COCc1ccccc1. The summed E-state index contributed by atoms with van der Waals surface area (Å²) in [6.45, 7) is 31.8. The first-order valence-corrected chi connectivity index (χ1v) is 25.5. The van der Waals surface area contributed by atoms with Gasteiger partial charge in [0.2, 0.25) is 0 Å². The van der Waals surface area contributed by atoms with E-state index in [1.54, 1.807) is 6.08 Å². The van der Waals surface area contributed by atoms with Crippen molar-refractivity contribution in [3.63, 3.8) is 0 Å². The predicted octanol–water partition coefficient (Wildman–Crippen LogP) is 9.96. The lowest BCUT2D eigenvalue weighted by Crippen LogP contribution is -2.68. The summed E-state index contributed by atoms with van der Waals surface area (Å²) in [5.41, 5.74) is -0.219. The molecule has 1 fully saturated rings. The average molecular weight is 801 g/mol. The minimum Gasteiger partial charge on any atom is -0.466 e. The van der Waals surface area contributed by atoms with Crippen LogP contribution in [0.25, 0.3) is 0 Å². The van der Waals surface area contributed by atoms with Crippen molar-refractivity contribution in [3.05, 3.63) is 109 Å². The summed E-state index contributed by atoms with van der Waals surface area (Å²) in [6.07, 6.45) is 1.99. The maximum absolute atomic E-state index is 14.1. The topological polar surface area (TPSA) is 74.2 Å². The lowest BCUT2D eigenvalue weighted by atomic mass is 9.56. The fourth-order valence-electron chi connectivity index (χ4n) is 8.76. The van der Waals surface area contributed by atoms with Crippen LogP contribution in [0.3, 0.4) is 0 Å². The molecule has 0 amide bonds. The predicted molar refractivity (Wildman–Crippen MR) is 236 cm³/mol. The highest BCUT2D eigenvalue weighted by atomic mass is 28.4. The largest absolute Gasteiger partial charge is 0.466 e. The van der Waals surface area contributed by atoms with Gasteiger partial charge in [0.25, 0.3) is 8.32 Å². The maximum Gasteiger partial charge on any atom is 0.312 e. The van der Waals surface area contributed by atoms with E-state index >= 15 is 0 Å². The van der Waals surface area contributed by atoms with E-state index in [1.165, 1.54) is 10.4 Å². The molecule has 0 spiro atoms. The molecule has 8 heteroatoms. The van der Waals surface area contributed by atoms with Crippen LogP contribution in [0.15, 0.2) is 104 Å². The van der Waals surface area contributed by atoms with E-state index in [-0.39, 0.29) is 28.7 Å². The maximum atomic E-state index is 14.1. The molecule has 6 atom stereocenters. The molecule has 0 saturated heterocycles. The highest BCUT2D eigenvalue weighted by molar-refractivity contribution is 6.99. The summed E-state index contributed by atoms with van der Waals surface area (Å²) in [5.74, 6) is -2.03. The summed E-state index contributed by atoms with van der Waals surface area (Å²) in [4.78, 5) is 14.1. The van der Waals surface area contributed by atoms with E-state index < -0.39 is 51.4 Å². The number of esters is 1. The second kappa shape index (κ2) is 18.4. The van der Waals surface area contributed by atoms with Gasteiger partial charge in [0.1, 0.15) is 0 Å². The van der Waals surface area contributed by atoms with E-state index in [4.69, 9.17) is 18.3 Å². The summed E-state index contributed by atoms with van der Waals surface area (Å²) >= 11 is 0. The molecule has 3 aromatic carbocycles. The van der Waals surface area contributed by atoms with Gasteiger partial charge in [-0.15, -0.1) is 6.58 Å². The third-order valence-electron chi connectivity index (χ3n) is 13.0. The molecule has 6 nitrogen and oxygen atoms in total. The number of carbonyl (C=O) groups is 1. The van der Waals surface area contributed by atoms with E-state index in [0.717, 1.165) is 18.4 Å². The number of carbonyl (C=O) groups excluding carboxylic acids is 1. The first-order chi connectivity index (χ1) is 26.1. The Morgan fingerprint density at radius 2 is 1.39 bits per heavy atom. The first-order valence-electron chi connectivity index (χ1n) is 20.7. The minimum absolute atomic E-state index is 0.0393. The molecule has 0 radical (unpaired) electrons. The molecule has 308 valence electrons. The van der Waals surface area contributed by atoms with Gasteiger partial charge in [0.15, 0.2) is 8.32 Å². The van der Waals surface area contributed by atoms with Gasteiger partial charge >= 0.3 is 5.97 Å². The lowest BCUT2D eigenvalue weighted by molar-refractivity contribution is -0.176. The Morgan fingerprint density at radius 3 is 1.86 bits per heavy atom. The van der Waals surface area contributed by atoms with Crippen molar-refractivity contribution in [1.82, 2.24) is 0 Å². The standard InChI is InChI=1S/C48H72O6Si2/c1-14-47(9,10)42(44(50)52-15-2)43(49)41-39(34-53-56(46(6,7)8,37-27-21-17-22-28-37)38-29-23-18-24-30-38)40(54-55(12,13)45(3,4)5)31-32-48(41,11)35-51-33-36-25-19-16-20-26-36/h14,16-30,39-43,49H,1,15,31-35H2,2-13H3/t39-,40+,41+,42-,43-,48+/m1/s1. The van der Waals surface area contributed by atoms with Crippen molar-refractivity contribution >= 4 is 33.0 Å². The second-order valence-electron chi connectivity index (χ2n) is 19.5. The van der Waals surface area contributed by atoms with Crippen molar-refractivity contribution in [3.8, 4) is 0 Å². The summed E-state index contributed by atoms with van der Waals surface area (Å²) < 4.78 is 27.6. The molecule has 56 heavy (non-hydrogen) atoms. The van der Waals surface area contributed by atoms with Gasteiger partial charge in [0, 0.05) is 18.4 Å². The molecular weight excluding hydrogens is 729 g/mol. The third kappa shape index (κ3) is 10.0. The molecule has 1 N–H and O–H groups in total. The highest BCUT2D eigenvalue weighted by Gasteiger charge is 2.58. The van der Waals surface area contributed by atoms with Crippen molar-refractivity contribution < 1.29 is 28.2 Å². The first kappa shape index (κ1) is 45.8. The molecule has 1 aliphatic carbocycles. The van der Waals surface area contributed by atoms with E-state index in [2.05, 4.69) is 141 Å². The van der Waals surface area contributed by atoms with Crippen LogP contribution >= 0.6 is 0 Å². The fraction of sp³-hybridized carbons (Fsp3) is 0.562. The smallest absolute Gasteiger partial charge is 0.312 e. The average Bonchev–Trinajstić information content (AvgIpc) is 3.13. The molecule has 0 heterocycles.